The van der Waals surface area contributed by atoms with Crippen LogP contribution in [0, 0.1) is 0 Å². The van der Waals surface area contributed by atoms with Crippen molar-refractivity contribution in [3.8, 4) is 17.0 Å². The van der Waals surface area contributed by atoms with Gasteiger partial charge in [-0.25, -0.2) is 4.98 Å². The molecule has 0 saturated carbocycles. The minimum Gasteiger partial charge on any atom is -0.484 e. The maximum atomic E-state index is 12.1. The van der Waals surface area contributed by atoms with Crippen LogP contribution in [0.1, 0.15) is 25.3 Å². The molecule has 1 amide bonds. The van der Waals surface area contributed by atoms with Gasteiger partial charge in [-0.2, -0.15) is 0 Å². The monoisotopic (exact) mass is 386 g/mol. The van der Waals surface area contributed by atoms with Gasteiger partial charge in [0.05, 0.1) is 5.69 Å². The number of amides is 1. The van der Waals surface area contributed by atoms with Gasteiger partial charge < -0.3 is 4.74 Å². The highest BCUT2D eigenvalue weighted by molar-refractivity contribution is 7.14. The Kier molecular flexibility index (Phi) is 5.91. The first-order valence-corrected chi connectivity index (χ1v) is 9.51. The smallest absolute Gasteiger partial charge is 0.264 e. The number of anilines is 1. The van der Waals surface area contributed by atoms with Crippen LogP contribution in [0.5, 0.6) is 5.75 Å². The van der Waals surface area contributed by atoms with E-state index in [0.29, 0.717) is 21.8 Å². The summed E-state index contributed by atoms with van der Waals surface area (Å²) in [6.45, 7) is 4.20. The zero-order valence-electron chi connectivity index (χ0n) is 14.5. The number of carbonyl (C=O) groups is 1. The standard InChI is InChI=1S/C20H19ClN2O2S/c1-13(2)14-7-9-15(10-8-14)25-11-19(24)23-20-22-18(12-26-20)16-5-3-4-6-17(16)21/h3-10,12-13H,11H2,1-2H3,(H,22,23,24). The molecule has 1 heterocycles. The Bertz CT molecular complexity index is 891. The van der Waals surface area contributed by atoms with E-state index in [9.17, 15) is 4.79 Å². The second-order valence-corrected chi connectivity index (χ2v) is 7.34. The summed E-state index contributed by atoms with van der Waals surface area (Å²) >= 11 is 7.53. The molecule has 0 aliphatic heterocycles. The van der Waals surface area contributed by atoms with Crippen molar-refractivity contribution >= 4 is 34.0 Å². The van der Waals surface area contributed by atoms with Gasteiger partial charge in [0, 0.05) is 16.0 Å². The van der Waals surface area contributed by atoms with Gasteiger partial charge in [-0.05, 0) is 29.7 Å². The van der Waals surface area contributed by atoms with E-state index in [1.807, 2.05) is 53.9 Å². The predicted molar refractivity (Wildman–Crippen MR) is 107 cm³/mol. The third-order valence-electron chi connectivity index (χ3n) is 3.82. The molecule has 1 aromatic heterocycles. The van der Waals surface area contributed by atoms with Crippen molar-refractivity contribution in [2.75, 3.05) is 11.9 Å². The Labute approximate surface area is 161 Å². The highest BCUT2D eigenvalue weighted by Gasteiger charge is 2.10. The summed E-state index contributed by atoms with van der Waals surface area (Å²) in [5.41, 5.74) is 2.81. The molecule has 0 bridgehead atoms. The van der Waals surface area contributed by atoms with Crippen LogP contribution >= 0.6 is 22.9 Å². The number of aromatic nitrogens is 1. The molecule has 6 heteroatoms. The first-order chi connectivity index (χ1) is 12.5. The lowest BCUT2D eigenvalue weighted by Gasteiger charge is -2.08. The first kappa shape index (κ1) is 18.4. The van der Waals surface area contributed by atoms with Crippen LogP contribution in [-0.4, -0.2) is 17.5 Å². The summed E-state index contributed by atoms with van der Waals surface area (Å²) in [6.07, 6.45) is 0. The molecule has 3 rings (SSSR count). The zero-order chi connectivity index (χ0) is 18.5. The van der Waals surface area contributed by atoms with Crippen LogP contribution in [0.2, 0.25) is 5.02 Å². The third kappa shape index (κ3) is 4.62. The average Bonchev–Trinajstić information content (AvgIpc) is 3.09. The fraction of sp³-hybridized carbons (Fsp3) is 0.200. The SMILES string of the molecule is CC(C)c1ccc(OCC(=O)Nc2nc(-c3ccccc3Cl)cs2)cc1. The van der Waals surface area contributed by atoms with Gasteiger partial charge >= 0.3 is 0 Å². The van der Waals surface area contributed by atoms with E-state index in [0.717, 1.165) is 11.3 Å². The van der Waals surface area contributed by atoms with Crippen molar-refractivity contribution in [3.63, 3.8) is 0 Å². The minimum atomic E-state index is -0.252. The van der Waals surface area contributed by atoms with Crippen molar-refractivity contribution in [1.82, 2.24) is 4.98 Å². The maximum Gasteiger partial charge on any atom is 0.264 e. The van der Waals surface area contributed by atoms with E-state index >= 15 is 0 Å². The molecule has 0 aliphatic carbocycles. The number of rotatable bonds is 6. The third-order valence-corrected chi connectivity index (χ3v) is 4.90. The topological polar surface area (TPSA) is 51.2 Å². The molecular formula is C20H19ClN2O2S. The molecule has 2 aromatic carbocycles. The lowest BCUT2D eigenvalue weighted by Crippen LogP contribution is -2.20. The minimum absolute atomic E-state index is 0.0674. The predicted octanol–water partition coefficient (Wildman–Crippen LogP) is 5.60. The van der Waals surface area contributed by atoms with Gasteiger partial charge in [-0.15, -0.1) is 11.3 Å². The number of benzene rings is 2. The summed E-state index contributed by atoms with van der Waals surface area (Å²) in [5.74, 6) is 0.878. The van der Waals surface area contributed by atoms with E-state index < -0.39 is 0 Å². The Hall–Kier alpha value is -2.37. The van der Waals surface area contributed by atoms with Crippen molar-refractivity contribution in [3.05, 3.63) is 64.5 Å². The van der Waals surface area contributed by atoms with Crippen LogP contribution < -0.4 is 10.1 Å². The summed E-state index contributed by atoms with van der Waals surface area (Å²) in [6, 6.07) is 15.2. The van der Waals surface area contributed by atoms with Crippen molar-refractivity contribution in [2.45, 2.75) is 19.8 Å². The Morgan fingerprint density at radius 3 is 2.62 bits per heavy atom. The van der Waals surface area contributed by atoms with Crippen LogP contribution in [-0.2, 0) is 4.79 Å². The molecule has 0 atom stereocenters. The van der Waals surface area contributed by atoms with Gasteiger partial charge in [0.1, 0.15) is 5.75 Å². The fourth-order valence-electron chi connectivity index (χ4n) is 2.38. The highest BCUT2D eigenvalue weighted by Crippen LogP contribution is 2.30. The van der Waals surface area contributed by atoms with Gasteiger partial charge in [0.15, 0.2) is 11.7 Å². The normalized spacial score (nSPS) is 10.8. The molecule has 3 aromatic rings. The molecule has 134 valence electrons. The molecule has 0 saturated heterocycles. The largest absolute Gasteiger partial charge is 0.484 e. The number of hydrogen-bond acceptors (Lipinski definition) is 4. The lowest BCUT2D eigenvalue weighted by atomic mass is 10.0. The maximum absolute atomic E-state index is 12.1. The van der Waals surface area contributed by atoms with Gasteiger partial charge in [0.25, 0.3) is 5.91 Å². The summed E-state index contributed by atoms with van der Waals surface area (Å²) in [5, 5.41) is 5.76. The Balaban J connectivity index is 1.56. The highest BCUT2D eigenvalue weighted by atomic mass is 35.5. The van der Waals surface area contributed by atoms with Crippen LogP contribution in [0.25, 0.3) is 11.3 Å². The van der Waals surface area contributed by atoms with Crippen LogP contribution in [0.15, 0.2) is 53.9 Å². The van der Waals surface area contributed by atoms with Gasteiger partial charge in [-0.3, -0.25) is 10.1 Å². The number of nitrogens with one attached hydrogen (secondary N) is 1. The van der Waals surface area contributed by atoms with Crippen molar-refractivity contribution < 1.29 is 9.53 Å². The Morgan fingerprint density at radius 2 is 1.92 bits per heavy atom. The summed E-state index contributed by atoms with van der Waals surface area (Å²) in [4.78, 5) is 16.5. The molecule has 0 fully saturated rings. The molecule has 1 N–H and O–H groups in total. The van der Waals surface area contributed by atoms with Gasteiger partial charge in [-0.1, -0.05) is 55.8 Å². The first-order valence-electron chi connectivity index (χ1n) is 8.26. The Morgan fingerprint density at radius 1 is 1.19 bits per heavy atom. The number of carbonyl (C=O) groups excluding carboxylic acids is 1. The molecule has 26 heavy (non-hydrogen) atoms. The van der Waals surface area contributed by atoms with E-state index in [-0.39, 0.29) is 12.5 Å². The quantitative estimate of drug-likeness (QED) is 0.599. The number of hydrogen-bond donors (Lipinski definition) is 1. The summed E-state index contributed by atoms with van der Waals surface area (Å²) < 4.78 is 5.53. The fourth-order valence-corrected chi connectivity index (χ4v) is 3.34. The molecule has 0 radical (unpaired) electrons. The lowest BCUT2D eigenvalue weighted by molar-refractivity contribution is -0.118. The van der Waals surface area contributed by atoms with E-state index in [1.165, 1.54) is 16.9 Å². The van der Waals surface area contributed by atoms with E-state index in [4.69, 9.17) is 16.3 Å². The van der Waals surface area contributed by atoms with E-state index in [2.05, 4.69) is 24.1 Å². The molecule has 4 nitrogen and oxygen atoms in total. The van der Waals surface area contributed by atoms with Gasteiger partial charge in [0.2, 0.25) is 0 Å². The van der Waals surface area contributed by atoms with Crippen LogP contribution in [0.4, 0.5) is 5.13 Å². The number of halogens is 1. The average molecular weight is 387 g/mol. The number of thiazole rings is 1. The number of nitrogens with zero attached hydrogens (tertiary/aromatic N) is 1. The van der Waals surface area contributed by atoms with Crippen molar-refractivity contribution in [2.24, 2.45) is 0 Å². The molecule has 0 aliphatic rings. The molecular weight excluding hydrogens is 368 g/mol. The van der Waals surface area contributed by atoms with Crippen molar-refractivity contribution in [1.29, 1.82) is 0 Å². The van der Waals surface area contributed by atoms with Crippen LogP contribution in [0.3, 0.4) is 0 Å². The van der Waals surface area contributed by atoms with E-state index in [1.54, 1.807) is 0 Å². The number of ether oxygens (including phenoxy) is 1. The molecule has 0 spiro atoms. The second-order valence-electron chi connectivity index (χ2n) is 6.08. The molecule has 0 unspecified atom stereocenters. The summed E-state index contributed by atoms with van der Waals surface area (Å²) in [7, 11) is 0. The zero-order valence-corrected chi connectivity index (χ0v) is 16.1. The second kappa shape index (κ2) is 8.34.